The lowest BCUT2D eigenvalue weighted by Gasteiger charge is -2.12. The van der Waals surface area contributed by atoms with Crippen molar-refractivity contribution >= 4 is 16.3 Å². The van der Waals surface area contributed by atoms with Crippen molar-refractivity contribution in [2.45, 2.75) is 13.3 Å². The van der Waals surface area contributed by atoms with Gasteiger partial charge in [0, 0.05) is 0 Å². The van der Waals surface area contributed by atoms with Crippen LogP contribution < -0.4 is 0 Å². The first-order valence-corrected chi connectivity index (χ1v) is 6.30. The van der Waals surface area contributed by atoms with Gasteiger partial charge < -0.3 is 0 Å². The van der Waals surface area contributed by atoms with Crippen LogP contribution in [0.2, 0.25) is 0 Å². The standard InChI is InChI=1S/C18H16/c1-13-11-15-8-5-3-4-7-14(2)17-10-6-9-16(12-13)18(15)17/h3-7,9-12H,2,8H2,1H3/b5-3-,7-4-. The van der Waals surface area contributed by atoms with Crippen LogP contribution in [0.1, 0.15) is 16.7 Å². The largest absolute Gasteiger partial charge is 0.0911 e. The Hall–Kier alpha value is -2.08. The van der Waals surface area contributed by atoms with Crippen LogP contribution in [-0.4, -0.2) is 0 Å². The van der Waals surface area contributed by atoms with Crippen molar-refractivity contribution in [2.75, 3.05) is 0 Å². The Labute approximate surface area is 108 Å². The molecule has 0 saturated heterocycles. The Kier molecular flexibility index (Phi) is 2.64. The highest BCUT2D eigenvalue weighted by Gasteiger charge is 2.08. The number of hydrogen-bond donors (Lipinski definition) is 0. The third-order valence-electron chi connectivity index (χ3n) is 3.43. The van der Waals surface area contributed by atoms with Gasteiger partial charge >= 0.3 is 0 Å². The van der Waals surface area contributed by atoms with Crippen molar-refractivity contribution in [3.05, 3.63) is 77.9 Å². The zero-order valence-corrected chi connectivity index (χ0v) is 10.6. The molecule has 2 aromatic rings. The lowest BCUT2D eigenvalue weighted by Crippen LogP contribution is -1.91. The zero-order valence-electron chi connectivity index (χ0n) is 10.6. The number of allylic oxidation sites excluding steroid dienone is 5. The first kappa shape index (κ1) is 11.0. The number of benzene rings is 2. The Morgan fingerprint density at radius 3 is 2.89 bits per heavy atom. The minimum Gasteiger partial charge on any atom is -0.0911 e. The average molecular weight is 232 g/mol. The minimum atomic E-state index is 0.979. The summed E-state index contributed by atoms with van der Waals surface area (Å²) in [4.78, 5) is 0. The van der Waals surface area contributed by atoms with Crippen molar-refractivity contribution in [3.8, 4) is 0 Å². The third-order valence-corrected chi connectivity index (χ3v) is 3.43. The SMILES string of the molecule is C=C1/C=C\C=C/Cc2cc(C)cc3cccc1c23. The topological polar surface area (TPSA) is 0 Å². The summed E-state index contributed by atoms with van der Waals surface area (Å²) in [5, 5.41) is 2.66. The molecule has 88 valence electrons. The van der Waals surface area contributed by atoms with E-state index in [4.69, 9.17) is 0 Å². The van der Waals surface area contributed by atoms with Crippen LogP contribution in [0.3, 0.4) is 0 Å². The van der Waals surface area contributed by atoms with Crippen LogP contribution in [-0.2, 0) is 6.42 Å². The Bertz CT molecular complexity index is 684. The van der Waals surface area contributed by atoms with Gasteiger partial charge in [-0.3, -0.25) is 0 Å². The fraction of sp³-hybridized carbons (Fsp3) is 0.111. The van der Waals surface area contributed by atoms with Gasteiger partial charge in [0.1, 0.15) is 0 Å². The van der Waals surface area contributed by atoms with Gasteiger partial charge in [0.05, 0.1) is 0 Å². The van der Waals surface area contributed by atoms with E-state index in [0.717, 1.165) is 12.0 Å². The molecule has 0 atom stereocenters. The molecule has 0 bridgehead atoms. The predicted octanol–water partition coefficient (Wildman–Crippen LogP) is 4.83. The zero-order chi connectivity index (χ0) is 12.5. The van der Waals surface area contributed by atoms with E-state index < -0.39 is 0 Å². The summed E-state index contributed by atoms with van der Waals surface area (Å²) in [5.41, 5.74) is 5.04. The summed E-state index contributed by atoms with van der Waals surface area (Å²) < 4.78 is 0. The van der Waals surface area contributed by atoms with Gasteiger partial charge in [0.15, 0.2) is 0 Å². The van der Waals surface area contributed by atoms with Crippen LogP contribution in [0.4, 0.5) is 0 Å². The van der Waals surface area contributed by atoms with Crippen molar-refractivity contribution in [1.82, 2.24) is 0 Å². The molecule has 0 amide bonds. The van der Waals surface area contributed by atoms with E-state index in [-0.39, 0.29) is 0 Å². The summed E-state index contributed by atoms with van der Waals surface area (Å²) in [6, 6.07) is 11.0. The monoisotopic (exact) mass is 232 g/mol. The lowest BCUT2D eigenvalue weighted by molar-refractivity contribution is 1.28. The number of rotatable bonds is 0. The minimum absolute atomic E-state index is 0.979. The van der Waals surface area contributed by atoms with E-state index >= 15 is 0 Å². The molecule has 2 aromatic carbocycles. The molecule has 18 heavy (non-hydrogen) atoms. The van der Waals surface area contributed by atoms with Gasteiger partial charge in [-0.1, -0.05) is 66.8 Å². The molecule has 3 rings (SSSR count). The second-order valence-electron chi connectivity index (χ2n) is 4.84. The Morgan fingerprint density at radius 2 is 2.00 bits per heavy atom. The van der Waals surface area contributed by atoms with Gasteiger partial charge in [-0.2, -0.15) is 0 Å². The molecule has 0 fully saturated rings. The molecule has 0 nitrogen and oxygen atoms in total. The van der Waals surface area contributed by atoms with Gasteiger partial charge in [-0.05, 0) is 40.8 Å². The van der Waals surface area contributed by atoms with E-state index in [1.54, 1.807) is 0 Å². The van der Waals surface area contributed by atoms with Crippen molar-refractivity contribution in [2.24, 2.45) is 0 Å². The van der Waals surface area contributed by atoms with E-state index in [1.807, 2.05) is 0 Å². The molecule has 0 radical (unpaired) electrons. The fourth-order valence-electron chi connectivity index (χ4n) is 2.65. The molecule has 0 N–H and O–H groups in total. The van der Waals surface area contributed by atoms with E-state index in [2.05, 4.69) is 68.1 Å². The summed E-state index contributed by atoms with van der Waals surface area (Å²) in [7, 11) is 0. The maximum Gasteiger partial charge on any atom is -0.00702 e. The molecule has 0 heterocycles. The molecule has 0 heteroatoms. The van der Waals surface area contributed by atoms with Crippen molar-refractivity contribution in [1.29, 1.82) is 0 Å². The second kappa shape index (κ2) is 4.30. The predicted molar refractivity (Wildman–Crippen MR) is 79.7 cm³/mol. The molecule has 1 aliphatic carbocycles. The molecular weight excluding hydrogens is 216 g/mol. The van der Waals surface area contributed by atoms with Gasteiger partial charge in [0.25, 0.3) is 0 Å². The highest BCUT2D eigenvalue weighted by molar-refractivity contribution is 5.98. The summed E-state index contributed by atoms with van der Waals surface area (Å²) in [5.74, 6) is 0. The molecule has 1 aliphatic rings. The summed E-state index contributed by atoms with van der Waals surface area (Å²) in [6.07, 6.45) is 9.44. The molecule has 0 spiro atoms. The van der Waals surface area contributed by atoms with Gasteiger partial charge in [-0.15, -0.1) is 0 Å². The van der Waals surface area contributed by atoms with E-state index in [0.29, 0.717) is 0 Å². The molecule has 0 aromatic heterocycles. The number of hydrogen-bond acceptors (Lipinski definition) is 0. The third kappa shape index (κ3) is 1.80. The van der Waals surface area contributed by atoms with Crippen LogP contribution in [0, 0.1) is 6.92 Å². The maximum absolute atomic E-state index is 4.18. The first-order valence-electron chi connectivity index (χ1n) is 6.30. The van der Waals surface area contributed by atoms with Crippen LogP contribution in [0.5, 0.6) is 0 Å². The molecular formula is C18H16. The molecule has 0 unspecified atom stereocenters. The first-order chi connectivity index (χ1) is 8.75. The van der Waals surface area contributed by atoms with Crippen LogP contribution >= 0.6 is 0 Å². The van der Waals surface area contributed by atoms with Gasteiger partial charge in [0.2, 0.25) is 0 Å². The van der Waals surface area contributed by atoms with Gasteiger partial charge in [-0.25, -0.2) is 0 Å². The maximum atomic E-state index is 4.18. The normalized spacial score (nSPS) is 17.9. The van der Waals surface area contributed by atoms with E-state index in [1.165, 1.54) is 27.5 Å². The van der Waals surface area contributed by atoms with E-state index in [9.17, 15) is 0 Å². The second-order valence-corrected chi connectivity index (χ2v) is 4.84. The Balaban J connectivity index is 2.43. The highest BCUT2D eigenvalue weighted by Crippen LogP contribution is 2.30. The van der Waals surface area contributed by atoms with Crippen LogP contribution in [0.25, 0.3) is 16.3 Å². The fourth-order valence-corrected chi connectivity index (χ4v) is 2.65. The molecule has 0 saturated carbocycles. The smallest absolute Gasteiger partial charge is 0.00702 e. The average Bonchev–Trinajstić information content (AvgIpc) is 2.42. The van der Waals surface area contributed by atoms with Crippen molar-refractivity contribution < 1.29 is 0 Å². The number of aryl methyl sites for hydroxylation is 1. The van der Waals surface area contributed by atoms with Crippen molar-refractivity contribution in [3.63, 3.8) is 0 Å². The quantitative estimate of drug-likeness (QED) is 0.610. The highest BCUT2D eigenvalue weighted by atomic mass is 14.1. The lowest BCUT2D eigenvalue weighted by atomic mass is 9.92. The summed E-state index contributed by atoms with van der Waals surface area (Å²) in [6.45, 7) is 6.34. The molecule has 0 aliphatic heterocycles. The van der Waals surface area contributed by atoms with Crippen LogP contribution in [0.15, 0.2) is 61.2 Å². The Morgan fingerprint density at radius 1 is 1.11 bits per heavy atom. The summed E-state index contributed by atoms with van der Waals surface area (Å²) >= 11 is 0.